The number of rotatable bonds is 3. The molecule has 100 valence electrons. The van der Waals surface area contributed by atoms with E-state index in [-0.39, 0.29) is 20.8 Å². The van der Waals surface area contributed by atoms with Gasteiger partial charge in [0.2, 0.25) is 0 Å². The fourth-order valence-corrected chi connectivity index (χ4v) is 2.65. The van der Waals surface area contributed by atoms with E-state index in [2.05, 4.69) is 9.71 Å². The van der Waals surface area contributed by atoms with Gasteiger partial charge in [-0.1, -0.05) is 23.2 Å². The van der Waals surface area contributed by atoms with Crippen LogP contribution < -0.4 is 4.72 Å². The van der Waals surface area contributed by atoms with Gasteiger partial charge in [0.15, 0.2) is 0 Å². The van der Waals surface area contributed by atoms with E-state index in [0.29, 0.717) is 0 Å². The molecule has 0 spiro atoms. The molecule has 0 aliphatic carbocycles. The zero-order chi connectivity index (χ0) is 14.0. The molecule has 2 aromatic rings. The van der Waals surface area contributed by atoms with Crippen molar-refractivity contribution in [1.82, 2.24) is 4.98 Å². The molecule has 0 aliphatic rings. The highest BCUT2D eigenvalue weighted by Gasteiger charge is 2.16. The van der Waals surface area contributed by atoms with Crippen molar-refractivity contribution in [2.45, 2.75) is 4.90 Å². The molecule has 4 nitrogen and oxygen atoms in total. The molecule has 19 heavy (non-hydrogen) atoms. The van der Waals surface area contributed by atoms with Crippen LogP contribution in [0.15, 0.2) is 41.4 Å². The molecule has 1 aromatic heterocycles. The Kier molecular flexibility index (Phi) is 3.93. The van der Waals surface area contributed by atoms with Crippen LogP contribution in [-0.4, -0.2) is 13.4 Å². The highest BCUT2D eigenvalue weighted by Crippen LogP contribution is 2.23. The van der Waals surface area contributed by atoms with Crippen LogP contribution in [0.25, 0.3) is 0 Å². The summed E-state index contributed by atoms with van der Waals surface area (Å²) < 4.78 is 39.0. The average Bonchev–Trinajstić information content (AvgIpc) is 2.35. The lowest BCUT2D eigenvalue weighted by Crippen LogP contribution is -2.13. The second-order valence-electron chi connectivity index (χ2n) is 3.56. The lowest BCUT2D eigenvalue weighted by molar-refractivity contribution is 0.600. The maximum absolute atomic E-state index is 12.7. The lowest BCUT2D eigenvalue weighted by Gasteiger charge is -2.08. The minimum Gasteiger partial charge on any atom is -0.280 e. The van der Waals surface area contributed by atoms with Crippen LogP contribution in [0.2, 0.25) is 10.2 Å². The first-order valence-electron chi connectivity index (χ1n) is 4.98. The maximum atomic E-state index is 12.7. The van der Waals surface area contributed by atoms with Gasteiger partial charge in [-0.05, 0) is 30.3 Å². The van der Waals surface area contributed by atoms with Gasteiger partial charge in [0, 0.05) is 11.9 Å². The van der Waals surface area contributed by atoms with Gasteiger partial charge in [0.05, 0.1) is 5.02 Å². The molecule has 0 bridgehead atoms. The number of aromatic nitrogens is 1. The highest BCUT2D eigenvalue weighted by molar-refractivity contribution is 7.92. The Hall–Kier alpha value is -1.37. The summed E-state index contributed by atoms with van der Waals surface area (Å²) in [7, 11) is -3.84. The smallest absolute Gasteiger partial charge is 0.263 e. The summed E-state index contributed by atoms with van der Waals surface area (Å²) in [5.41, 5.74) is 0.229. The molecule has 1 heterocycles. The van der Waals surface area contributed by atoms with Gasteiger partial charge in [0.1, 0.15) is 15.9 Å². The molecule has 0 amide bonds. The molecule has 0 fully saturated rings. The van der Waals surface area contributed by atoms with Crippen LogP contribution >= 0.6 is 23.2 Å². The monoisotopic (exact) mass is 320 g/mol. The number of nitrogens with one attached hydrogen (secondary N) is 1. The van der Waals surface area contributed by atoms with Crippen molar-refractivity contribution < 1.29 is 12.8 Å². The van der Waals surface area contributed by atoms with E-state index in [1.54, 1.807) is 0 Å². The quantitative estimate of drug-likeness (QED) is 0.882. The molecule has 2 rings (SSSR count). The van der Waals surface area contributed by atoms with Gasteiger partial charge in [-0.25, -0.2) is 17.8 Å². The van der Waals surface area contributed by atoms with E-state index in [0.717, 1.165) is 18.3 Å². The van der Waals surface area contributed by atoms with Crippen molar-refractivity contribution in [2.75, 3.05) is 4.72 Å². The fraction of sp³-hybridized carbons (Fsp3) is 0. The third kappa shape index (κ3) is 3.34. The number of hydrogen-bond acceptors (Lipinski definition) is 3. The summed E-state index contributed by atoms with van der Waals surface area (Å²) in [6, 6.07) is 6.08. The van der Waals surface area contributed by atoms with Gasteiger partial charge in [-0.3, -0.25) is 4.72 Å². The first kappa shape index (κ1) is 14.0. The Labute approximate surface area is 119 Å². The van der Waals surface area contributed by atoms with Crippen molar-refractivity contribution in [3.8, 4) is 0 Å². The predicted molar refractivity (Wildman–Crippen MR) is 71.5 cm³/mol. The standard InChI is InChI=1S/C11H7Cl2FN2O2S/c12-10-5-9(6-15-11(10)13)19(17,18)16-8-3-1-7(14)2-4-8/h1-6,16H. The Morgan fingerprint density at radius 3 is 2.37 bits per heavy atom. The van der Waals surface area contributed by atoms with Gasteiger partial charge >= 0.3 is 0 Å². The Morgan fingerprint density at radius 2 is 1.79 bits per heavy atom. The molecule has 0 atom stereocenters. The Balaban J connectivity index is 2.32. The largest absolute Gasteiger partial charge is 0.280 e. The second-order valence-corrected chi connectivity index (χ2v) is 6.00. The van der Waals surface area contributed by atoms with Crippen molar-refractivity contribution >= 4 is 38.9 Å². The predicted octanol–water partition coefficient (Wildman–Crippen LogP) is 3.33. The van der Waals surface area contributed by atoms with Crippen LogP contribution in [0.3, 0.4) is 0 Å². The van der Waals surface area contributed by atoms with Crippen molar-refractivity contribution in [3.63, 3.8) is 0 Å². The summed E-state index contributed by atoms with van der Waals surface area (Å²) in [6.45, 7) is 0. The number of pyridine rings is 1. The van der Waals surface area contributed by atoms with Gasteiger partial charge < -0.3 is 0 Å². The Bertz CT molecular complexity index is 705. The number of nitrogens with zero attached hydrogens (tertiary/aromatic N) is 1. The van der Waals surface area contributed by atoms with E-state index < -0.39 is 15.8 Å². The van der Waals surface area contributed by atoms with E-state index in [1.165, 1.54) is 18.2 Å². The van der Waals surface area contributed by atoms with Gasteiger partial charge in [-0.2, -0.15) is 0 Å². The van der Waals surface area contributed by atoms with Gasteiger partial charge in [-0.15, -0.1) is 0 Å². The lowest BCUT2D eigenvalue weighted by atomic mass is 10.3. The third-order valence-electron chi connectivity index (χ3n) is 2.18. The molecular weight excluding hydrogens is 314 g/mol. The topological polar surface area (TPSA) is 59.1 Å². The molecule has 0 saturated carbocycles. The molecule has 0 aliphatic heterocycles. The normalized spacial score (nSPS) is 11.3. The molecular formula is C11H7Cl2FN2O2S. The van der Waals surface area contributed by atoms with E-state index in [1.807, 2.05) is 0 Å². The van der Waals surface area contributed by atoms with Crippen LogP contribution in [0.5, 0.6) is 0 Å². The molecule has 0 radical (unpaired) electrons. The molecule has 0 unspecified atom stereocenters. The number of anilines is 1. The number of benzene rings is 1. The third-order valence-corrected chi connectivity index (χ3v) is 4.21. The minimum absolute atomic E-state index is 0.0161. The van der Waals surface area contributed by atoms with Gasteiger partial charge in [0.25, 0.3) is 10.0 Å². The second kappa shape index (κ2) is 5.32. The minimum atomic E-state index is -3.84. The van der Waals surface area contributed by atoms with E-state index in [4.69, 9.17) is 23.2 Å². The maximum Gasteiger partial charge on any atom is 0.263 e. The molecule has 0 saturated heterocycles. The first-order valence-corrected chi connectivity index (χ1v) is 7.22. The molecule has 1 aromatic carbocycles. The molecule has 1 N–H and O–H groups in total. The molecule has 8 heteroatoms. The van der Waals surface area contributed by atoms with Crippen LogP contribution in [0.4, 0.5) is 10.1 Å². The van der Waals surface area contributed by atoms with Crippen molar-refractivity contribution in [3.05, 3.63) is 52.5 Å². The fourth-order valence-electron chi connectivity index (χ4n) is 1.28. The number of hydrogen-bond donors (Lipinski definition) is 1. The van der Waals surface area contributed by atoms with Crippen LogP contribution in [0.1, 0.15) is 0 Å². The summed E-state index contributed by atoms with van der Waals surface area (Å²) >= 11 is 11.3. The summed E-state index contributed by atoms with van der Waals surface area (Å²) in [5, 5.41) is 0.0473. The van der Waals surface area contributed by atoms with Crippen molar-refractivity contribution in [2.24, 2.45) is 0 Å². The zero-order valence-corrected chi connectivity index (χ0v) is 11.6. The van der Waals surface area contributed by atoms with Crippen molar-refractivity contribution in [1.29, 1.82) is 0 Å². The van der Waals surface area contributed by atoms with E-state index in [9.17, 15) is 12.8 Å². The average molecular weight is 321 g/mol. The number of sulfonamides is 1. The summed E-state index contributed by atoms with van der Waals surface area (Å²) in [5.74, 6) is -0.459. The highest BCUT2D eigenvalue weighted by atomic mass is 35.5. The van der Waals surface area contributed by atoms with Crippen LogP contribution in [-0.2, 0) is 10.0 Å². The van der Waals surface area contributed by atoms with E-state index >= 15 is 0 Å². The Morgan fingerprint density at radius 1 is 1.16 bits per heavy atom. The zero-order valence-electron chi connectivity index (χ0n) is 9.27. The first-order chi connectivity index (χ1) is 8.88. The SMILES string of the molecule is O=S(=O)(Nc1ccc(F)cc1)c1cnc(Cl)c(Cl)c1. The summed E-state index contributed by atoms with van der Waals surface area (Å²) in [4.78, 5) is 3.52. The summed E-state index contributed by atoms with van der Waals surface area (Å²) in [6.07, 6.45) is 1.08. The van der Waals surface area contributed by atoms with Crippen LogP contribution in [0, 0.1) is 5.82 Å². The number of halogens is 3.